The van der Waals surface area contributed by atoms with Gasteiger partial charge in [-0.3, -0.25) is 4.79 Å². The van der Waals surface area contributed by atoms with Gasteiger partial charge in [-0.1, -0.05) is 12.1 Å². The average molecular weight is 206 g/mol. The van der Waals surface area contributed by atoms with Crippen molar-refractivity contribution in [1.82, 2.24) is 0 Å². The summed E-state index contributed by atoms with van der Waals surface area (Å²) in [4.78, 5) is 10.7. The Morgan fingerprint density at radius 3 is 2.87 bits per heavy atom. The van der Waals surface area contributed by atoms with Crippen LogP contribution in [0.15, 0.2) is 24.3 Å². The molecule has 0 heterocycles. The molecular weight excluding hydrogens is 192 g/mol. The van der Waals surface area contributed by atoms with Crippen molar-refractivity contribution >= 4 is 11.9 Å². The lowest BCUT2D eigenvalue weighted by Crippen LogP contribution is -1.92. The Morgan fingerprint density at radius 2 is 2.27 bits per heavy atom. The van der Waals surface area contributed by atoms with Gasteiger partial charge in [-0.25, -0.2) is 0 Å². The predicted molar refractivity (Wildman–Crippen MR) is 59.0 cm³/mol. The highest BCUT2D eigenvalue weighted by Crippen LogP contribution is 2.27. The Bertz CT molecular complexity index is 380. The molecule has 3 nitrogen and oxygen atoms in total. The fourth-order valence-corrected chi connectivity index (χ4v) is 1.12. The quantitative estimate of drug-likeness (QED) is 0.769. The van der Waals surface area contributed by atoms with Gasteiger partial charge in [0.05, 0.1) is 6.61 Å². The van der Waals surface area contributed by atoms with Crippen LogP contribution in [0.25, 0.3) is 6.08 Å². The van der Waals surface area contributed by atoms with Crippen LogP contribution in [0.5, 0.6) is 11.5 Å². The molecule has 0 aliphatic carbocycles. The summed E-state index contributed by atoms with van der Waals surface area (Å²) < 4.78 is 5.22. The van der Waals surface area contributed by atoms with E-state index in [-0.39, 0.29) is 11.5 Å². The fourth-order valence-electron chi connectivity index (χ4n) is 1.12. The normalized spacial score (nSPS) is 10.5. The van der Waals surface area contributed by atoms with Crippen molar-refractivity contribution in [3.05, 3.63) is 29.8 Å². The SMILES string of the molecule is CCOc1cc(C=CC(C)=O)ccc1O. The van der Waals surface area contributed by atoms with Crippen LogP contribution in [0.3, 0.4) is 0 Å². The molecule has 80 valence electrons. The molecule has 0 saturated heterocycles. The molecule has 0 bridgehead atoms. The molecule has 3 heteroatoms. The third kappa shape index (κ3) is 3.46. The minimum absolute atomic E-state index is 0.0129. The molecule has 1 aromatic carbocycles. The van der Waals surface area contributed by atoms with Gasteiger partial charge in [0.2, 0.25) is 0 Å². The third-order valence-corrected chi connectivity index (χ3v) is 1.79. The Hall–Kier alpha value is -1.77. The second-order valence-electron chi connectivity index (χ2n) is 3.10. The second kappa shape index (κ2) is 5.20. The lowest BCUT2D eigenvalue weighted by Gasteiger charge is -2.05. The first-order valence-corrected chi connectivity index (χ1v) is 4.78. The number of phenols is 1. The molecule has 0 fully saturated rings. The van der Waals surface area contributed by atoms with Gasteiger partial charge in [-0.15, -0.1) is 0 Å². The maximum Gasteiger partial charge on any atom is 0.161 e. The highest BCUT2D eigenvalue weighted by Gasteiger charge is 2.01. The van der Waals surface area contributed by atoms with Crippen molar-refractivity contribution in [2.45, 2.75) is 13.8 Å². The highest BCUT2D eigenvalue weighted by atomic mass is 16.5. The predicted octanol–water partition coefficient (Wildman–Crippen LogP) is 2.39. The zero-order valence-corrected chi connectivity index (χ0v) is 8.86. The van der Waals surface area contributed by atoms with Crippen LogP contribution in [0.4, 0.5) is 0 Å². The summed E-state index contributed by atoms with van der Waals surface area (Å²) in [5.74, 6) is 0.529. The van der Waals surface area contributed by atoms with Crippen LogP contribution in [-0.2, 0) is 4.79 Å². The average Bonchev–Trinajstić information content (AvgIpc) is 2.19. The van der Waals surface area contributed by atoms with Gasteiger partial charge in [0, 0.05) is 0 Å². The molecule has 0 radical (unpaired) electrons. The van der Waals surface area contributed by atoms with Gasteiger partial charge in [0.1, 0.15) is 0 Å². The first-order valence-electron chi connectivity index (χ1n) is 4.78. The summed E-state index contributed by atoms with van der Waals surface area (Å²) in [6.45, 7) is 3.82. The summed E-state index contributed by atoms with van der Waals surface area (Å²) in [5, 5.41) is 9.43. The van der Waals surface area contributed by atoms with Crippen molar-refractivity contribution in [2.75, 3.05) is 6.61 Å². The zero-order valence-electron chi connectivity index (χ0n) is 8.86. The van der Waals surface area contributed by atoms with Gasteiger partial charge in [-0.2, -0.15) is 0 Å². The Morgan fingerprint density at radius 1 is 1.53 bits per heavy atom. The van der Waals surface area contributed by atoms with E-state index in [0.29, 0.717) is 12.4 Å². The first kappa shape index (κ1) is 11.3. The van der Waals surface area contributed by atoms with E-state index in [2.05, 4.69) is 0 Å². The van der Waals surface area contributed by atoms with E-state index in [4.69, 9.17) is 4.74 Å². The molecule has 0 aromatic heterocycles. The minimum Gasteiger partial charge on any atom is -0.504 e. The van der Waals surface area contributed by atoms with E-state index in [1.54, 1.807) is 24.3 Å². The van der Waals surface area contributed by atoms with E-state index >= 15 is 0 Å². The number of allylic oxidation sites excluding steroid dienone is 1. The maximum atomic E-state index is 10.7. The number of ether oxygens (including phenoxy) is 1. The number of hydrogen-bond acceptors (Lipinski definition) is 3. The molecule has 1 rings (SSSR count). The fraction of sp³-hybridized carbons (Fsp3) is 0.250. The zero-order chi connectivity index (χ0) is 11.3. The molecule has 0 aliphatic heterocycles. The van der Waals surface area contributed by atoms with Crippen molar-refractivity contribution in [3.8, 4) is 11.5 Å². The number of carbonyl (C=O) groups is 1. The molecule has 1 aromatic rings. The van der Waals surface area contributed by atoms with Crippen LogP contribution in [0, 0.1) is 0 Å². The Kier molecular flexibility index (Phi) is 3.92. The van der Waals surface area contributed by atoms with Crippen LogP contribution in [0.1, 0.15) is 19.4 Å². The van der Waals surface area contributed by atoms with Crippen molar-refractivity contribution < 1.29 is 14.6 Å². The van der Waals surface area contributed by atoms with Crippen LogP contribution >= 0.6 is 0 Å². The molecule has 1 N–H and O–H groups in total. The minimum atomic E-state index is -0.0129. The van der Waals surface area contributed by atoms with Crippen LogP contribution in [0.2, 0.25) is 0 Å². The maximum absolute atomic E-state index is 10.7. The number of hydrogen-bond donors (Lipinski definition) is 1. The largest absolute Gasteiger partial charge is 0.504 e. The number of benzene rings is 1. The second-order valence-corrected chi connectivity index (χ2v) is 3.10. The van der Waals surface area contributed by atoms with Gasteiger partial charge < -0.3 is 9.84 Å². The van der Waals surface area contributed by atoms with E-state index in [9.17, 15) is 9.90 Å². The van der Waals surface area contributed by atoms with Gasteiger partial charge in [0.15, 0.2) is 17.3 Å². The lowest BCUT2D eigenvalue weighted by molar-refractivity contribution is -0.112. The molecule has 0 atom stereocenters. The van der Waals surface area contributed by atoms with E-state index in [1.165, 1.54) is 13.0 Å². The van der Waals surface area contributed by atoms with Crippen molar-refractivity contribution in [3.63, 3.8) is 0 Å². The standard InChI is InChI=1S/C12H14O3/c1-3-15-12-8-10(5-4-9(2)13)6-7-11(12)14/h4-8,14H,3H2,1-2H3. The molecule has 0 saturated carbocycles. The third-order valence-electron chi connectivity index (χ3n) is 1.79. The molecule has 0 aliphatic rings. The summed E-state index contributed by atoms with van der Waals surface area (Å²) in [6, 6.07) is 4.96. The number of phenolic OH excluding ortho intramolecular Hbond substituents is 1. The number of rotatable bonds is 4. The van der Waals surface area contributed by atoms with E-state index in [0.717, 1.165) is 5.56 Å². The summed E-state index contributed by atoms with van der Waals surface area (Å²) >= 11 is 0. The molecule has 0 amide bonds. The summed E-state index contributed by atoms with van der Waals surface area (Å²) in [5.41, 5.74) is 0.825. The number of ketones is 1. The number of carbonyl (C=O) groups excluding carboxylic acids is 1. The van der Waals surface area contributed by atoms with Gasteiger partial charge >= 0.3 is 0 Å². The summed E-state index contributed by atoms with van der Waals surface area (Å²) in [6.07, 6.45) is 3.16. The van der Waals surface area contributed by atoms with E-state index < -0.39 is 0 Å². The Balaban J connectivity index is 2.91. The lowest BCUT2D eigenvalue weighted by atomic mass is 10.2. The van der Waals surface area contributed by atoms with Crippen molar-refractivity contribution in [2.24, 2.45) is 0 Å². The molecule has 15 heavy (non-hydrogen) atoms. The molecule has 0 spiro atoms. The van der Waals surface area contributed by atoms with Gasteiger partial charge in [0.25, 0.3) is 0 Å². The Labute approximate surface area is 89.0 Å². The topological polar surface area (TPSA) is 46.5 Å². The summed E-state index contributed by atoms with van der Waals surface area (Å²) in [7, 11) is 0. The van der Waals surface area contributed by atoms with Crippen molar-refractivity contribution in [1.29, 1.82) is 0 Å². The molecular formula is C12H14O3. The van der Waals surface area contributed by atoms with E-state index in [1.807, 2.05) is 6.92 Å². The molecule has 0 unspecified atom stereocenters. The monoisotopic (exact) mass is 206 g/mol. The first-order chi connectivity index (χ1) is 7.13. The highest BCUT2D eigenvalue weighted by molar-refractivity contribution is 5.91. The van der Waals surface area contributed by atoms with Gasteiger partial charge in [-0.05, 0) is 37.6 Å². The van der Waals surface area contributed by atoms with Crippen LogP contribution in [-0.4, -0.2) is 17.5 Å². The van der Waals surface area contributed by atoms with Crippen LogP contribution < -0.4 is 4.74 Å². The smallest absolute Gasteiger partial charge is 0.161 e. The number of aromatic hydroxyl groups is 1.